The molecule has 1 atom stereocenters. The van der Waals surface area contributed by atoms with Gasteiger partial charge in [0.1, 0.15) is 0 Å². The molecule has 1 heterocycles. The molecule has 3 heteroatoms. The van der Waals surface area contributed by atoms with Crippen LogP contribution in [0.3, 0.4) is 0 Å². The average molecular weight is 299 g/mol. The van der Waals surface area contributed by atoms with E-state index in [1.165, 1.54) is 11.1 Å². The number of anilines is 1. The third-order valence-corrected chi connectivity index (χ3v) is 4.14. The molecular formula is C18H19ClN2. The average Bonchev–Trinajstić information content (AvgIpc) is 2.51. The molecule has 3 N–H and O–H groups in total. The molecule has 0 saturated heterocycles. The summed E-state index contributed by atoms with van der Waals surface area (Å²) < 4.78 is 0. The Balaban J connectivity index is 1.76. The number of benzene rings is 2. The summed E-state index contributed by atoms with van der Waals surface area (Å²) in [6.45, 7) is 0.874. The molecule has 0 amide bonds. The molecule has 1 aliphatic rings. The van der Waals surface area contributed by atoms with E-state index in [1.807, 2.05) is 18.2 Å². The molecule has 0 bridgehead atoms. The van der Waals surface area contributed by atoms with Crippen LogP contribution in [0.25, 0.3) is 5.57 Å². The van der Waals surface area contributed by atoms with Crippen molar-refractivity contribution in [1.29, 1.82) is 0 Å². The first-order chi connectivity index (χ1) is 10.2. The van der Waals surface area contributed by atoms with E-state index < -0.39 is 0 Å². The summed E-state index contributed by atoms with van der Waals surface area (Å²) in [5.74, 6) is 0. The molecule has 2 aromatic carbocycles. The molecule has 0 spiro atoms. The molecule has 2 nitrogen and oxygen atoms in total. The van der Waals surface area contributed by atoms with Gasteiger partial charge in [-0.05, 0) is 42.2 Å². The summed E-state index contributed by atoms with van der Waals surface area (Å²) in [6, 6.07) is 16.7. The first kappa shape index (κ1) is 14.2. The van der Waals surface area contributed by atoms with Crippen molar-refractivity contribution in [2.45, 2.75) is 18.9 Å². The molecule has 0 radical (unpaired) electrons. The van der Waals surface area contributed by atoms with Gasteiger partial charge >= 0.3 is 0 Å². The van der Waals surface area contributed by atoms with Crippen LogP contribution in [-0.4, -0.2) is 12.6 Å². The van der Waals surface area contributed by atoms with Gasteiger partial charge in [0.15, 0.2) is 0 Å². The fourth-order valence-corrected chi connectivity index (χ4v) is 3.01. The minimum Gasteiger partial charge on any atom is -0.398 e. The van der Waals surface area contributed by atoms with Crippen LogP contribution in [-0.2, 0) is 6.42 Å². The van der Waals surface area contributed by atoms with E-state index in [-0.39, 0.29) is 0 Å². The normalized spacial score (nSPS) is 18.3. The highest BCUT2D eigenvalue weighted by Crippen LogP contribution is 2.30. The highest BCUT2D eigenvalue weighted by molar-refractivity contribution is 6.30. The van der Waals surface area contributed by atoms with Crippen LogP contribution in [0.2, 0.25) is 5.02 Å². The SMILES string of the molecule is Nc1ccc(Cl)cc1C1=CCNC(Cc2ccccc2)C1. The predicted octanol–water partition coefficient (Wildman–Crippen LogP) is 3.91. The highest BCUT2D eigenvalue weighted by Gasteiger charge is 2.18. The van der Waals surface area contributed by atoms with Crippen molar-refractivity contribution in [3.63, 3.8) is 0 Å². The van der Waals surface area contributed by atoms with Gasteiger partial charge in [0.2, 0.25) is 0 Å². The Morgan fingerprint density at radius 2 is 1.95 bits per heavy atom. The van der Waals surface area contributed by atoms with Gasteiger partial charge in [-0.15, -0.1) is 0 Å². The van der Waals surface area contributed by atoms with Crippen LogP contribution in [0.1, 0.15) is 17.5 Å². The van der Waals surface area contributed by atoms with Crippen LogP contribution in [0.5, 0.6) is 0 Å². The van der Waals surface area contributed by atoms with Crippen molar-refractivity contribution in [2.75, 3.05) is 12.3 Å². The van der Waals surface area contributed by atoms with Crippen molar-refractivity contribution in [2.24, 2.45) is 0 Å². The number of hydrogen-bond acceptors (Lipinski definition) is 2. The Labute approximate surface area is 130 Å². The van der Waals surface area contributed by atoms with Crippen LogP contribution in [0.15, 0.2) is 54.6 Å². The van der Waals surface area contributed by atoms with Gasteiger partial charge in [-0.25, -0.2) is 0 Å². The van der Waals surface area contributed by atoms with E-state index in [2.05, 4.69) is 41.7 Å². The Kier molecular flexibility index (Phi) is 4.28. The lowest BCUT2D eigenvalue weighted by Crippen LogP contribution is -2.34. The minimum absolute atomic E-state index is 0.436. The Morgan fingerprint density at radius 3 is 2.76 bits per heavy atom. The second-order valence-electron chi connectivity index (χ2n) is 5.46. The molecule has 0 aliphatic carbocycles. The summed E-state index contributed by atoms with van der Waals surface area (Å²) in [7, 11) is 0. The molecule has 0 saturated carbocycles. The van der Waals surface area contributed by atoms with Crippen LogP contribution in [0.4, 0.5) is 5.69 Å². The molecule has 108 valence electrons. The molecule has 2 aromatic rings. The van der Waals surface area contributed by atoms with Gasteiger partial charge in [0, 0.05) is 28.9 Å². The number of halogens is 1. The van der Waals surface area contributed by atoms with Gasteiger partial charge in [-0.3, -0.25) is 0 Å². The number of rotatable bonds is 3. The highest BCUT2D eigenvalue weighted by atomic mass is 35.5. The quantitative estimate of drug-likeness (QED) is 0.843. The summed E-state index contributed by atoms with van der Waals surface area (Å²) in [4.78, 5) is 0. The third kappa shape index (κ3) is 3.46. The maximum atomic E-state index is 6.10. The van der Waals surface area contributed by atoms with E-state index in [0.29, 0.717) is 6.04 Å². The zero-order chi connectivity index (χ0) is 14.7. The van der Waals surface area contributed by atoms with E-state index in [9.17, 15) is 0 Å². The van der Waals surface area contributed by atoms with Gasteiger partial charge in [-0.2, -0.15) is 0 Å². The van der Waals surface area contributed by atoms with Crippen molar-refractivity contribution >= 4 is 22.9 Å². The molecule has 21 heavy (non-hydrogen) atoms. The van der Waals surface area contributed by atoms with E-state index >= 15 is 0 Å². The topological polar surface area (TPSA) is 38.0 Å². The molecule has 1 unspecified atom stereocenters. The first-order valence-corrected chi connectivity index (χ1v) is 7.62. The van der Waals surface area contributed by atoms with E-state index in [4.69, 9.17) is 17.3 Å². The fraction of sp³-hybridized carbons (Fsp3) is 0.222. The molecule has 3 rings (SSSR count). The monoisotopic (exact) mass is 298 g/mol. The lowest BCUT2D eigenvalue weighted by atomic mass is 9.91. The van der Waals surface area contributed by atoms with E-state index in [1.54, 1.807) is 0 Å². The van der Waals surface area contributed by atoms with Crippen molar-refractivity contribution < 1.29 is 0 Å². The summed E-state index contributed by atoms with van der Waals surface area (Å²) >= 11 is 6.10. The maximum absolute atomic E-state index is 6.10. The summed E-state index contributed by atoms with van der Waals surface area (Å²) in [5.41, 5.74) is 10.6. The van der Waals surface area contributed by atoms with Crippen LogP contribution in [0, 0.1) is 0 Å². The zero-order valence-electron chi connectivity index (χ0n) is 11.9. The second-order valence-corrected chi connectivity index (χ2v) is 5.90. The molecular weight excluding hydrogens is 280 g/mol. The van der Waals surface area contributed by atoms with E-state index in [0.717, 1.165) is 35.7 Å². The second kappa shape index (κ2) is 6.33. The minimum atomic E-state index is 0.436. The number of nitrogens with one attached hydrogen (secondary N) is 1. The maximum Gasteiger partial charge on any atom is 0.0413 e. The lowest BCUT2D eigenvalue weighted by Gasteiger charge is -2.25. The molecule has 1 aliphatic heterocycles. The summed E-state index contributed by atoms with van der Waals surface area (Å²) in [5, 5.41) is 4.29. The number of hydrogen-bond donors (Lipinski definition) is 2. The smallest absolute Gasteiger partial charge is 0.0413 e. The van der Waals surface area contributed by atoms with Crippen molar-refractivity contribution in [3.8, 4) is 0 Å². The standard InChI is InChI=1S/C18H19ClN2/c19-15-6-7-18(20)17(12-15)14-8-9-21-16(11-14)10-13-4-2-1-3-5-13/h1-8,12,16,21H,9-11,20H2. The van der Waals surface area contributed by atoms with Crippen LogP contribution >= 0.6 is 11.6 Å². The molecule has 0 fully saturated rings. The van der Waals surface area contributed by atoms with Gasteiger partial charge in [0.05, 0.1) is 0 Å². The largest absolute Gasteiger partial charge is 0.398 e. The number of nitrogens with two attached hydrogens (primary N) is 1. The van der Waals surface area contributed by atoms with Gasteiger partial charge in [0.25, 0.3) is 0 Å². The predicted molar refractivity (Wildman–Crippen MR) is 90.4 cm³/mol. The Hall–Kier alpha value is -1.77. The number of nitrogen functional groups attached to an aromatic ring is 1. The van der Waals surface area contributed by atoms with Gasteiger partial charge in [-0.1, -0.05) is 48.0 Å². The lowest BCUT2D eigenvalue weighted by molar-refractivity contribution is 0.533. The fourth-order valence-electron chi connectivity index (χ4n) is 2.84. The Morgan fingerprint density at radius 1 is 1.14 bits per heavy atom. The Bertz CT molecular complexity index is 650. The zero-order valence-corrected chi connectivity index (χ0v) is 12.6. The first-order valence-electron chi connectivity index (χ1n) is 7.24. The van der Waals surface area contributed by atoms with Gasteiger partial charge < -0.3 is 11.1 Å². The van der Waals surface area contributed by atoms with Crippen LogP contribution < -0.4 is 11.1 Å². The summed E-state index contributed by atoms with van der Waals surface area (Å²) in [6.07, 6.45) is 4.21. The third-order valence-electron chi connectivity index (χ3n) is 3.91. The molecule has 0 aromatic heterocycles. The van der Waals surface area contributed by atoms with Crippen molar-refractivity contribution in [3.05, 3.63) is 70.8 Å². The van der Waals surface area contributed by atoms with Crippen molar-refractivity contribution in [1.82, 2.24) is 5.32 Å².